The predicted octanol–water partition coefficient (Wildman–Crippen LogP) is 4.28. The quantitative estimate of drug-likeness (QED) is 0.505. The molecule has 162 valence electrons. The van der Waals surface area contributed by atoms with Crippen LogP contribution in [0.3, 0.4) is 0 Å². The molecule has 2 aromatic carbocycles. The van der Waals surface area contributed by atoms with Crippen molar-refractivity contribution in [3.05, 3.63) is 71.5 Å². The number of hydrogen-bond acceptors (Lipinski definition) is 5. The van der Waals surface area contributed by atoms with Crippen LogP contribution in [0.15, 0.2) is 59.8 Å². The molecule has 3 heterocycles. The third kappa shape index (κ3) is 3.10. The van der Waals surface area contributed by atoms with E-state index in [1.165, 1.54) is 0 Å². The molecule has 7 nitrogen and oxygen atoms in total. The lowest BCUT2D eigenvalue weighted by molar-refractivity contribution is 0.0996. The fourth-order valence-corrected chi connectivity index (χ4v) is 5.11. The van der Waals surface area contributed by atoms with E-state index in [1.807, 2.05) is 25.1 Å². The number of rotatable bonds is 4. The standard InChI is InChI=1S/C24H22N4O3S/c1-14(2)32(30,31)18-9-7-16(8-10-18)19-11-25-23-22(27-19)20(12-26-23)28-13-17-6-4-5-15(3)21(17)24(28)29/h4-12,14H,13H2,1-3H3,(H,25,26). The number of sulfone groups is 1. The van der Waals surface area contributed by atoms with Crippen molar-refractivity contribution in [2.24, 2.45) is 0 Å². The molecule has 5 rings (SSSR count). The van der Waals surface area contributed by atoms with Crippen LogP contribution in [-0.4, -0.2) is 34.5 Å². The van der Waals surface area contributed by atoms with E-state index in [1.54, 1.807) is 55.4 Å². The molecule has 0 aliphatic carbocycles. The first-order chi connectivity index (χ1) is 15.3. The zero-order valence-electron chi connectivity index (χ0n) is 18.0. The Bertz CT molecular complexity index is 1470. The second-order valence-electron chi connectivity index (χ2n) is 8.24. The van der Waals surface area contributed by atoms with Crippen LogP contribution < -0.4 is 4.90 Å². The Labute approximate surface area is 186 Å². The molecule has 1 N–H and O–H groups in total. The van der Waals surface area contributed by atoms with E-state index in [-0.39, 0.29) is 10.8 Å². The van der Waals surface area contributed by atoms with Crippen molar-refractivity contribution in [3.63, 3.8) is 0 Å². The maximum absolute atomic E-state index is 13.1. The van der Waals surface area contributed by atoms with Crippen LogP contribution in [0.25, 0.3) is 22.4 Å². The summed E-state index contributed by atoms with van der Waals surface area (Å²) in [4.78, 5) is 27.4. The number of H-pyrrole nitrogens is 1. The number of anilines is 1. The number of benzene rings is 2. The summed E-state index contributed by atoms with van der Waals surface area (Å²) in [6, 6.07) is 12.5. The molecule has 1 aliphatic heterocycles. The maximum atomic E-state index is 13.1. The molecule has 0 bridgehead atoms. The van der Waals surface area contributed by atoms with Crippen molar-refractivity contribution in [2.75, 3.05) is 4.90 Å². The van der Waals surface area contributed by atoms with Gasteiger partial charge in [0.1, 0.15) is 5.52 Å². The average Bonchev–Trinajstić information content (AvgIpc) is 3.34. The van der Waals surface area contributed by atoms with Gasteiger partial charge in [0, 0.05) is 17.3 Å². The molecule has 1 amide bonds. The summed E-state index contributed by atoms with van der Waals surface area (Å²) >= 11 is 0. The second-order valence-corrected chi connectivity index (χ2v) is 10.7. The lowest BCUT2D eigenvalue weighted by Gasteiger charge is -2.14. The molecule has 0 saturated carbocycles. The van der Waals surface area contributed by atoms with E-state index < -0.39 is 15.1 Å². The van der Waals surface area contributed by atoms with Crippen LogP contribution in [-0.2, 0) is 16.4 Å². The van der Waals surface area contributed by atoms with Gasteiger partial charge in [0.2, 0.25) is 0 Å². The van der Waals surface area contributed by atoms with E-state index in [0.29, 0.717) is 29.1 Å². The Hall–Kier alpha value is -3.52. The summed E-state index contributed by atoms with van der Waals surface area (Å²) in [5, 5.41) is -0.488. The minimum atomic E-state index is -3.34. The van der Waals surface area contributed by atoms with Gasteiger partial charge in [-0.05, 0) is 44.0 Å². The van der Waals surface area contributed by atoms with Gasteiger partial charge in [0.25, 0.3) is 5.91 Å². The maximum Gasteiger partial charge on any atom is 0.259 e. The van der Waals surface area contributed by atoms with Crippen LogP contribution in [0.1, 0.15) is 35.3 Å². The van der Waals surface area contributed by atoms with Crippen molar-refractivity contribution in [3.8, 4) is 11.3 Å². The van der Waals surface area contributed by atoms with Crippen LogP contribution in [0.2, 0.25) is 0 Å². The van der Waals surface area contributed by atoms with Crippen molar-refractivity contribution < 1.29 is 13.2 Å². The van der Waals surface area contributed by atoms with Gasteiger partial charge in [-0.1, -0.05) is 30.3 Å². The van der Waals surface area contributed by atoms with E-state index in [9.17, 15) is 13.2 Å². The average molecular weight is 447 g/mol. The molecule has 0 atom stereocenters. The van der Waals surface area contributed by atoms with Crippen LogP contribution in [0.5, 0.6) is 0 Å². The van der Waals surface area contributed by atoms with Gasteiger partial charge >= 0.3 is 0 Å². The van der Waals surface area contributed by atoms with Gasteiger partial charge in [-0.2, -0.15) is 0 Å². The van der Waals surface area contributed by atoms with Crippen LogP contribution in [0, 0.1) is 6.92 Å². The van der Waals surface area contributed by atoms with Gasteiger partial charge in [0.15, 0.2) is 15.5 Å². The Morgan fingerprint density at radius 1 is 1.09 bits per heavy atom. The first-order valence-corrected chi connectivity index (χ1v) is 11.9. The third-order valence-corrected chi connectivity index (χ3v) is 8.07. The molecule has 1 aliphatic rings. The summed E-state index contributed by atoms with van der Waals surface area (Å²) in [5.41, 5.74) is 5.91. The molecular weight excluding hydrogens is 424 g/mol. The van der Waals surface area contributed by atoms with Crippen molar-refractivity contribution in [1.82, 2.24) is 15.0 Å². The number of carbonyl (C=O) groups is 1. The number of aryl methyl sites for hydroxylation is 1. The fourth-order valence-electron chi connectivity index (χ4n) is 4.05. The Morgan fingerprint density at radius 2 is 1.84 bits per heavy atom. The molecule has 0 radical (unpaired) electrons. The molecule has 4 aromatic rings. The number of nitrogens with zero attached hydrogens (tertiary/aromatic N) is 3. The molecular formula is C24H22N4O3S. The summed E-state index contributed by atoms with van der Waals surface area (Å²) in [6.07, 6.45) is 3.39. The van der Waals surface area contributed by atoms with Gasteiger partial charge in [-0.3, -0.25) is 4.79 Å². The lowest BCUT2D eigenvalue weighted by Crippen LogP contribution is -2.23. The SMILES string of the molecule is Cc1cccc2c1C(=O)N(c1c[nH]c3ncc(-c4ccc(S(=O)(=O)C(C)C)cc4)nc13)C2. The number of fused-ring (bicyclic) bond motifs is 2. The Morgan fingerprint density at radius 3 is 2.53 bits per heavy atom. The lowest BCUT2D eigenvalue weighted by atomic mass is 10.0. The summed E-state index contributed by atoms with van der Waals surface area (Å²) in [5.74, 6) is -0.0468. The highest BCUT2D eigenvalue weighted by Crippen LogP contribution is 2.34. The molecule has 32 heavy (non-hydrogen) atoms. The first-order valence-electron chi connectivity index (χ1n) is 10.4. The van der Waals surface area contributed by atoms with E-state index >= 15 is 0 Å². The second kappa shape index (κ2) is 7.27. The molecule has 0 spiro atoms. The highest BCUT2D eigenvalue weighted by Gasteiger charge is 2.31. The topological polar surface area (TPSA) is 96.0 Å². The Balaban J connectivity index is 1.53. The van der Waals surface area contributed by atoms with E-state index in [4.69, 9.17) is 4.98 Å². The number of aromatic amines is 1. The summed E-state index contributed by atoms with van der Waals surface area (Å²) < 4.78 is 24.8. The molecule has 0 fully saturated rings. The monoisotopic (exact) mass is 446 g/mol. The summed E-state index contributed by atoms with van der Waals surface area (Å²) in [7, 11) is -3.34. The first kappa shape index (κ1) is 20.4. The van der Waals surface area contributed by atoms with Crippen LogP contribution >= 0.6 is 0 Å². The van der Waals surface area contributed by atoms with E-state index in [2.05, 4.69) is 9.97 Å². The minimum absolute atomic E-state index is 0.0468. The molecule has 2 aromatic heterocycles. The van der Waals surface area contributed by atoms with Gasteiger partial charge in [-0.25, -0.2) is 18.4 Å². The zero-order valence-corrected chi connectivity index (χ0v) is 18.8. The predicted molar refractivity (Wildman–Crippen MR) is 123 cm³/mol. The van der Waals surface area contributed by atoms with E-state index in [0.717, 1.165) is 22.3 Å². The largest absolute Gasteiger partial charge is 0.343 e. The minimum Gasteiger partial charge on any atom is -0.343 e. The molecule has 0 unspecified atom stereocenters. The number of aromatic nitrogens is 3. The summed E-state index contributed by atoms with van der Waals surface area (Å²) in [6.45, 7) is 5.75. The highest BCUT2D eigenvalue weighted by molar-refractivity contribution is 7.92. The molecule has 0 saturated heterocycles. The normalized spacial score (nSPS) is 13.9. The van der Waals surface area contributed by atoms with Gasteiger partial charge < -0.3 is 9.88 Å². The van der Waals surface area contributed by atoms with Crippen molar-refractivity contribution in [1.29, 1.82) is 0 Å². The Kier molecular flexibility index (Phi) is 4.63. The van der Waals surface area contributed by atoms with Crippen molar-refractivity contribution in [2.45, 2.75) is 37.5 Å². The van der Waals surface area contributed by atoms with Gasteiger partial charge in [0.05, 0.1) is 34.3 Å². The third-order valence-electron chi connectivity index (χ3n) is 5.90. The number of carbonyl (C=O) groups excluding carboxylic acids is 1. The van der Waals surface area contributed by atoms with Crippen LogP contribution in [0.4, 0.5) is 5.69 Å². The fraction of sp³-hybridized carbons (Fsp3) is 0.208. The molecule has 8 heteroatoms. The smallest absolute Gasteiger partial charge is 0.259 e. The van der Waals surface area contributed by atoms with Crippen molar-refractivity contribution >= 4 is 32.6 Å². The number of amides is 1. The number of nitrogens with one attached hydrogen (secondary N) is 1. The highest BCUT2D eigenvalue weighted by atomic mass is 32.2. The zero-order chi connectivity index (χ0) is 22.6. The number of hydrogen-bond donors (Lipinski definition) is 1. The van der Waals surface area contributed by atoms with Gasteiger partial charge in [-0.15, -0.1) is 0 Å².